The molecule has 0 saturated carbocycles. The normalized spacial score (nSPS) is 19.2. The second-order valence-corrected chi connectivity index (χ2v) is 5.72. The van der Waals surface area contributed by atoms with Gasteiger partial charge in [0.05, 0.1) is 13.2 Å². The third-order valence-corrected chi connectivity index (χ3v) is 4.14. The number of hydrogen-bond donors (Lipinski definition) is 0. The Morgan fingerprint density at radius 3 is 3.00 bits per heavy atom. The maximum Gasteiger partial charge on any atom is 0.139 e. The number of benzene rings is 1. The third-order valence-electron chi connectivity index (χ3n) is 3.37. The van der Waals surface area contributed by atoms with Gasteiger partial charge in [0.2, 0.25) is 0 Å². The van der Waals surface area contributed by atoms with Gasteiger partial charge >= 0.3 is 0 Å². The van der Waals surface area contributed by atoms with Crippen LogP contribution in [0.25, 0.3) is 0 Å². The summed E-state index contributed by atoms with van der Waals surface area (Å²) < 4.78 is 11.7. The Morgan fingerprint density at radius 1 is 1.47 bits per heavy atom. The van der Waals surface area contributed by atoms with Crippen LogP contribution in [0.2, 0.25) is 0 Å². The van der Waals surface area contributed by atoms with Gasteiger partial charge in [-0.25, -0.2) is 0 Å². The van der Waals surface area contributed by atoms with E-state index in [-0.39, 0.29) is 11.9 Å². The molecule has 0 spiro atoms. The topological polar surface area (TPSA) is 35.5 Å². The van der Waals surface area contributed by atoms with E-state index in [9.17, 15) is 4.79 Å². The van der Waals surface area contributed by atoms with Gasteiger partial charge in [-0.1, -0.05) is 15.9 Å². The Labute approximate surface area is 122 Å². The SMILES string of the molecule is COc1ccc(Br)c(CC(=O)CC2CCCCO2)c1. The van der Waals surface area contributed by atoms with Crippen molar-refractivity contribution in [2.24, 2.45) is 0 Å². The van der Waals surface area contributed by atoms with Crippen LogP contribution in [0.15, 0.2) is 22.7 Å². The van der Waals surface area contributed by atoms with Crippen molar-refractivity contribution in [2.45, 2.75) is 38.2 Å². The fourth-order valence-corrected chi connectivity index (χ4v) is 2.71. The fourth-order valence-electron chi connectivity index (χ4n) is 2.32. The van der Waals surface area contributed by atoms with Crippen molar-refractivity contribution in [3.63, 3.8) is 0 Å². The third kappa shape index (κ3) is 4.32. The number of halogens is 1. The smallest absolute Gasteiger partial charge is 0.139 e. The summed E-state index contributed by atoms with van der Waals surface area (Å²) in [6, 6.07) is 5.70. The van der Waals surface area contributed by atoms with Crippen LogP contribution in [-0.2, 0) is 16.0 Å². The molecule has 0 aliphatic carbocycles. The highest BCUT2D eigenvalue weighted by Gasteiger charge is 2.18. The lowest BCUT2D eigenvalue weighted by Crippen LogP contribution is -2.23. The first-order chi connectivity index (χ1) is 9.19. The quantitative estimate of drug-likeness (QED) is 0.830. The second-order valence-electron chi connectivity index (χ2n) is 4.87. The van der Waals surface area contributed by atoms with E-state index in [4.69, 9.17) is 9.47 Å². The first-order valence-corrected chi connectivity index (χ1v) is 7.44. The largest absolute Gasteiger partial charge is 0.497 e. The molecule has 0 radical (unpaired) electrons. The second kappa shape index (κ2) is 7.06. The summed E-state index contributed by atoms with van der Waals surface area (Å²) in [5, 5.41) is 0. The van der Waals surface area contributed by atoms with Gasteiger partial charge < -0.3 is 9.47 Å². The number of ketones is 1. The average molecular weight is 327 g/mol. The minimum absolute atomic E-state index is 0.116. The lowest BCUT2D eigenvalue weighted by molar-refractivity contribution is -0.122. The van der Waals surface area contributed by atoms with Crippen LogP contribution in [0.5, 0.6) is 5.75 Å². The summed E-state index contributed by atoms with van der Waals surface area (Å²) in [5.41, 5.74) is 0.972. The number of hydrogen-bond acceptors (Lipinski definition) is 3. The maximum atomic E-state index is 12.1. The summed E-state index contributed by atoms with van der Waals surface area (Å²) in [4.78, 5) is 12.1. The zero-order valence-electron chi connectivity index (χ0n) is 11.2. The highest BCUT2D eigenvalue weighted by atomic mass is 79.9. The van der Waals surface area contributed by atoms with Gasteiger partial charge in [-0.3, -0.25) is 4.79 Å². The lowest BCUT2D eigenvalue weighted by atomic mass is 10.00. The van der Waals surface area contributed by atoms with E-state index >= 15 is 0 Å². The van der Waals surface area contributed by atoms with Crippen LogP contribution >= 0.6 is 15.9 Å². The molecule has 1 aromatic carbocycles. The van der Waals surface area contributed by atoms with Crippen molar-refractivity contribution in [1.82, 2.24) is 0 Å². The molecule has 104 valence electrons. The van der Waals surface area contributed by atoms with Crippen molar-refractivity contribution in [1.29, 1.82) is 0 Å². The molecule has 1 fully saturated rings. The summed E-state index contributed by atoms with van der Waals surface area (Å²) in [7, 11) is 1.63. The summed E-state index contributed by atoms with van der Waals surface area (Å²) in [6.07, 6.45) is 4.35. The first kappa shape index (κ1) is 14.5. The number of carbonyl (C=O) groups excluding carboxylic acids is 1. The zero-order valence-corrected chi connectivity index (χ0v) is 12.7. The molecule has 0 amide bonds. The van der Waals surface area contributed by atoms with Crippen molar-refractivity contribution in [3.05, 3.63) is 28.2 Å². The molecule has 0 N–H and O–H groups in total. The van der Waals surface area contributed by atoms with E-state index in [1.54, 1.807) is 7.11 Å². The van der Waals surface area contributed by atoms with Gasteiger partial charge in [0.15, 0.2) is 0 Å². The molecule has 1 aromatic rings. The summed E-state index contributed by atoms with van der Waals surface area (Å²) in [5.74, 6) is 1.00. The van der Waals surface area contributed by atoms with Crippen molar-refractivity contribution < 1.29 is 14.3 Å². The van der Waals surface area contributed by atoms with Crippen molar-refractivity contribution >= 4 is 21.7 Å². The van der Waals surface area contributed by atoms with Crippen LogP contribution in [0.1, 0.15) is 31.2 Å². The van der Waals surface area contributed by atoms with Crippen LogP contribution < -0.4 is 4.74 Å². The van der Waals surface area contributed by atoms with Gasteiger partial charge in [-0.2, -0.15) is 0 Å². The Morgan fingerprint density at radius 2 is 2.32 bits per heavy atom. The number of ether oxygens (including phenoxy) is 2. The van der Waals surface area contributed by atoms with E-state index < -0.39 is 0 Å². The highest BCUT2D eigenvalue weighted by Crippen LogP contribution is 2.24. The van der Waals surface area contributed by atoms with E-state index in [0.29, 0.717) is 12.8 Å². The maximum absolute atomic E-state index is 12.1. The van der Waals surface area contributed by atoms with Crippen molar-refractivity contribution in [3.8, 4) is 5.75 Å². The van der Waals surface area contributed by atoms with Gasteiger partial charge in [-0.15, -0.1) is 0 Å². The Kier molecular flexibility index (Phi) is 5.40. The molecular formula is C15H19BrO3. The molecule has 1 heterocycles. The van der Waals surface area contributed by atoms with Crippen LogP contribution in [0.3, 0.4) is 0 Å². The van der Waals surface area contributed by atoms with Gasteiger partial charge in [0.25, 0.3) is 0 Å². The lowest BCUT2D eigenvalue weighted by Gasteiger charge is -2.21. The highest BCUT2D eigenvalue weighted by molar-refractivity contribution is 9.10. The molecule has 0 bridgehead atoms. The first-order valence-electron chi connectivity index (χ1n) is 6.65. The zero-order chi connectivity index (χ0) is 13.7. The van der Waals surface area contributed by atoms with Gasteiger partial charge in [0, 0.05) is 23.9 Å². The standard InChI is InChI=1S/C15H19BrO3/c1-18-13-5-6-15(16)11(9-13)8-12(17)10-14-4-2-3-7-19-14/h5-6,9,14H,2-4,7-8,10H2,1H3. The van der Waals surface area contributed by atoms with Gasteiger partial charge in [0.1, 0.15) is 11.5 Å². The van der Waals surface area contributed by atoms with Crippen LogP contribution in [-0.4, -0.2) is 25.6 Å². The molecular weight excluding hydrogens is 308 g/mol. The van der Waals surface area contributed by atoms with E-state index in [1.165, 1.54) is 6.42 Å². The minimum Gasteiger partial charge on any atom is -0.497 e. The predicted octanol–water partition coefficient (Wildman–Crippen LogP) is 3.53. The Hall–Kier alpha value is -0.870. The monoisotopic (exact) mass is 326 g/mol. The van der Waals surface area contributed by atoms with Gasteiger partial charge in [-0.05, 0) is 43.0 Å². The predicted molar refractivity (Wildman–Crippen MR) is 77.6 cm³/mol. The molecule has 1 aliphatic rings. The Bertz CT molecular complexity index is 439. The molecule has 2 rings (SSSR count). The summed E-state index contributed by atoms with van der Waals surface area (Å²) >= 11 is 3.47. The molecule has 1 saturated heterocycles. The average Bonchev–Trinajstić information content (AvgIpc) is 2.42. The van der Waals surface area contributed by atoms with E-state index in [2.05, 4.69) is 15.9 Å². The number of rotatable bonds is 5. The minimum atomic E-state index is 0.116. The molecule has 3 nitrogen and oxygen atoms in total. The summed E-state index contributed by atoms with van der Waals surface area (Å²) in [6.45, 7) is 0.792. The Balaban J connectivity index is 1.94. The van der Waals surface area contributed by atoms with E-state index in [1.807, 2.05) is 18.2 Å². The molecule has 0 aromatic heterocycles. The molecule has 1 unspecified atom stereocenters. The molecule has 1 atom stereocenters. The molecule has 4 heteroatoms. The van der Waals surface area contributed by atoms with Crippen LogP contribution in [0, 0.1) is 0 Å². The number of Topliss-reactive ketones (excluding diaryl/α,β-unsaturated/α-hetero) is 1. The molecule has 19 heavy (non-hydrogen) atoms. The van der Waals surface area contributed by atoms with Crippen LogP contribution in [0.4, 0.5) is 0 Å². The van der Waals surface area contributed by atoms with Crippen molar-refractivity contribution in [2.75, 3.05) is 13.7 Å². The number of methoxy groups -OCH3 is 1. The molecule has 1 aliphatic heterocycles. The number of carbonyl (C=O) groups is 1. The fraction of sp³-hybridized carbons (Fsp3) is 0.533. The van der Waals surface area contributed by atoms with E-state index in [0.717, 1.165) is 35.2 Å².